The standard InChI is InChI=1S/C11H12F3N3O4S/c1-5(2)15-10(18)11(19)16-17-22(20,21)7-4-3-6(12)8(13)9(7)14/h3-5,17H,1-2H3,(H,15,18)(H,16,19). The van der Waals surface area contributed by atoms with Gasteiger partial charge in [0.1, 0.15) is 4.90 Å². The molecule has 7 nitrogen and oxygen atoms in total. The first-order valence-electron chi connectivity index (χ1n) is 5.82. The minimum atomic E-state index is -4.73. The number of carbonyl (C=O) groups excluding carboxylic acids is 2. The molecule has 0 aliphatic carbocycles. The van der Waals surface area contributed by atoms with E-state index in [0.29, 0.717) is 12.1 Å². The van der Waals surface area contributed by atoms with Crippen LogP contribution in [0.4, 0.5) is 13.2 Å². The summed E-state index contributed by atoms with van der Waals surface area (Å²) in [6, 6.07) is 0.495. The van der Waals surface area contributed by atoms with Crippen LogP contribution in [0.2, 0.25) is 0 Å². The van der Waals surface area contributed by atoms with E-state index in [-0.39, 0.29) is 6.04 Å². The second kappa shape index (κ2) is 6.75. The SMILES string of the molecule is CC(C)NC(=O)C(=O)NNS(=O)(=O)c1ccc(F)c(F)c1F. The van der Waals surface area contributed by atoms with Crippen molar-refractivity contribution in [2.75, 3.05) is 0 Å². The number of hydrazine groups is 1. The zero-order valence-corrected chi connectivity index (χ0v) is 12.2. The third kappa shape index (κ3) is 4.18. The molecule has 0 bridgehead atoms. The van der Waals surface area contributed by atoms with E-state index in [4.69, 9.17) is 0 Å². The van der Waals surface area contributed by atoms with Crippen LogP contribution < -0.4 is 15.6 Å². The molecular weight excluding hydrogens is 327 g/mol. The predicted molar refractivity (Wildman–Crippen MR) is 68.1 cm³/mol. The van der Waals surface area contributed by atoms with Gasteiger partial charge in [-0.15, -0.1) is 4.83 Å². The van der Waals surface area contributed by atoms with Gasteiger partial charge in [0, 0.05) is 6.04 Å². The zero-order chi connectivity index (χ0) is 17.1. The van der Waals surface area contributed by atoms with Crippen LogP contribution in [0.25, 0.3) is 0 Å². The van der Waals surface area contributed by atoms with Gasteiger partial charge in [0.15, 0.2) is 17.5 Å². The highest BCUT2D eigenvalue weighted by Crippen LogP contribution is 2.18. The van der Waals surface area contributed by atoms with Crippen LogP contribution in [0.15, 0.2) is 17.0 Å². The number of hydrogen-bond acceptors (Lipinski definition) is 4. The number of benzene rings is 1. The Bertz CT molecular complexity index is 707. The summed E-state index contributed by atoms with van der Waals surface area (Å²) >= 11 is 0. The van der Waals surface area contributed by atoms with Crippen LogP contribution in [0.5, 0.6) is 0 Å². The second-order valence-electron chi connectivity index (χ2n) is 4.36. The highest BCUT2D eigenvalue weighted by molar-refractivity contribution is 7.89. The Balaban J connectivity index is 2.88. The van der Waals surface area contributed by atoms with Gasteiger partial charge in [0.05, 0.1) is 0 Å². The molecule has 3 N–H and O–H groups in total. The molecule has 1 aromatic rings. The third-order valence-electron chi connectivity index (χ3n) is 2.21. The van der Waals surface area contributed by atoms with Crippen molar-refractivity contribution >= 4 is 21.8 Å². The van der Waals surface area contributed by atoms with E-state index in [1.807, 2.05) is 0 Å². The summed E-state index contributed by atoms with van der Waals surface area (Å²) in [5.74, 6) is -8.00. The maximum absolute atomic E-state index is 13.4. The van der Waals surface area contributed by atoms with E-state index in [1.54, 1.807) is 13.8 Å². The van der Waals surface area contributed by atoms with Crippen molar-refractivity contribution in [1.82, 2.24) is 15.6 Å². The Morgan fingerprint density at radius 3 is 2.18 bits per heavy atom. The van der Waals surface area contributed by atoms with Gasteiger partial charge in [-0.25, -0.2) is 21.6 Å². The second-order valence-corrected chi connectivity index (χ2v) is 6.01. The fraction of sp³-hybridized carbons (Fsp3) is 0.273. The number of carbonyl (C=O) groups is 2. The van der Waals surface area contributed by atoms with Gasteiger partial charge >= 0.3 is 11.8 Å². The Morgan fingerprint density at radius 2 is 1.64 bits per heavy atom. The van der Waals surface area contributed by atoms with E-state index in [9.17, 15) is 31.2 Å². The van der Waals surface area contributed by atoms with Crippen LogP contribution in [0.1, 0.15) is 13.8 Å². The Labute approximate surface area is 123 Å². The molecule has 0 aliphatic rings. The van der Waals surface area contributed by atoms with Crippen LogP contribution in [0, 0.1) is 17.5 Å². The third-order valence-corrected chi connectivity index (χ3v) is 3.48. The molecule has 0 saturated heterocycles. The van der Waals surface area contributed by atoms with Gasteiger partial charge in [0.2, 0.25) is 0 Å². The fourth-order valence-electron chi connectivity index (χ4n) is 1.27. The van der Waals surface area contributed by atoms with Crippen molar-refractivity contribution in [1.29, 1.82) is 0 Å². The highest BCUT2D eigenvalue weighted by Gasteiger charge is 2.25. The Morgan fingerprint density at radius 1 is 1.05 bits per heavy atom. The summed E-state index contributed by atoms with van der Waals surface area (Å²) in [6.45, 7) is 3.12. The predicted octanol–water partition coefficient (Wildman–Crippen LogP) is -0.0620. The summed E-state index contributed by atoms with van der Waals surface area (Å²) < 4.78 is 62.5. The first-order chi connectivity index (χ1) is 10.1. The lowest BCUT2D eigenvalue weighted by Gasteiger charge is -2.11. The van der Waals surface area contributed by atoms with Gasteiger partial charge in [-0.3, -0.25) is 15.0 Å². The first-order valence-corrected chi connectivity index (χ1v) is 7.30. The number of amides is 2. The average molecular weight is 339 g/mol. The quantitative estimate of drug-likeness (QED) is 0.406. The molecule has 2 amide bonds. The van der Waals surface area contributed by atoms with Gasteiger partial charge < -0.3 is 5.32 Å². The number of hydrogen-bond donors (Lipinski definition) is 3. The molecule has 0 radical (unpaired) electrons. The van der Waals surface area contributed by atoms with Gasteiger partial charge in [-0.05, 0) is 26.0 Å². The number of halogens is 3. The Kier molecular flexibility index (Phi) is 5.49. The zero-order valence-electron chi connectivity index (χ0n) is 11.4. The molecule has 0 unspecified atom stereocenters. The molecule has 0 aromatic heterocycles. The number of nitrogens with one attached hydrogen (secondary N) is 3. The summed E-state index contributed by atoms with van der Waals surface area (Å²) in [4.78, 5) is 22.7. The molecule has 0 atom stereocenters. The molecule has 0 saturated carbocycles. The summed E-state index contributed by atoms with van der Waals surface area (Å²) in [6.07, 6.45) is 0. The number of sulfonamides is 1. The average Bonchev–Trinajstić information content (AvgIpc) is 2.41. The monoisotopic (exact) mass is 339 g/mol. The highest BCUT2D eigenvalue weighted by atomic mass is 32.2. The molecule has 122 valence electrons. The molecule has 1 aromatic carbocycles. The molecule has 0 aliphatic heterocycles. The van der Waals surface area contributed by atoms with Crippen LogP contribution in [0.3, 0.4) is 0 Å². The minimum Gasteiger partial charge on any atom is -0.346 e. The summed E-state index contributed by atoms with van der Waals surface area (Å²) in [7, 11) is -4.73. The van der Waals surface area contributed by atoms with E-state index in [2.05, 4.69) is 5.32 Å². The Hall–Kier alpha value is -2.14. The lowest BCUT2D eigenvalue weighted by molar-refractivity contribution is -0.139. The normalized spacial score (nSPS) is 11.4. The molecule has 1 rings (SSSR count). The van der Waals surface area contributed by atoms with Crippen molar-refractivity contribution in [2.24, 2.45) is 0 Å². The van der Waals surface area contributed by atoms with Crippen molar-refractivity contribution in [3.05, 3.63) is 29.6 Å². The van der Waals surface area contributed by atoms with E-state index in [1.165, 1.54) is 10.3 Å². The van der Waals surface area contributed by atoms with Gasteiger partial charge in [-0.1, -0.05) is 0 Å². The fourth-order valence-corrected chi connectivity index (χ4v) is 2.18. The summed E-state index contributed by atoms with van der Waals surface area (Å²) in [5.41, 5.74) is 1.52. The molecular formula is C11H12F3N3O4S. The van der Waals surface area contributed by atoms with Gasteiger partial charge in [-0.2, -0.15) is 0 Å². The molecule has 0 fully saturated rings. The topological polar surface area (TPSA) is 104 Å². The van der Waals surface area contributed by atoms with Gasteiger partial charge in [0.25, 0.3) is 10.0 Å². The molecule has 0 spiro atoms. The van der Waals surface area contributed by atoms with E-state index < -0.39 is 44.2 Å². The molecule has 0 heterocycles. The molecule has 22 heavy (non-hydrogen) atoms. The summed E-state index contributed by atoms with van der Waals surface area (Å²) in [5, 5.41) is 2.18. The van der Waals surface area contributed by atoms with Crippen LogP contribution in [-0.2, 0) is 19.6 Å². The first kappa shape index (κ1) is 17.9. The van der Waals surface area contributed by atoms with Crippen LogP contribution >= 0.6 is 0 Å². The van der Waals surface area contributed by atoms with Crippen molar-refractivity contribution < 1.29 is 31.2 Å². The maximum Gasteiger partial charge on any atom is 0.324 e. The maximum atomic E-state index is 13.4. The lowest BCUT2D eigenvalue weighted by atomic mass is 10.3. The number of rotatable bonds is 4. The molecule has 11 heteroatoms. The van der Waals surface area contributed by atoms with E-state index >= 15 is 0 Å². The van der Waals surface area contributed by atoms with Crippen molar-refractivity contribution in [3.63, 3.8) is 0 Å². The largest absolute Gasteiger partial charge is 0.346 e. The smallest absolute Gasteiger partial charge is 0.324 e. The van der Waals surface area contributed by atoms with Crippen molar-refractivity contribution in [2.45, 2.75) is 24.8 Å². The lowest BCUT2D eigenvalue weighted by Crippen LogP contribution is -2.49. The van der Waals surface area contributed by atoms with Crippen molar-refractivity contribution in [3.8, 4) is 0 Å². The van der Waals surface area contributed by atoms with E-state index in [0.717, 1.165) is 0 Å². The minimum absolute atomic E-state index is 0.376. The van der Waals surface area contributed by atoms with Crippen LogP contribution in [-0.4, -0.2) is 26.3 Å².